The second-order valence-corrected chi connectivity index (χ2v) is 0.341. The molecule has 5 nitrogen and oxygen atoms in total. The smallest absolute Gasteiger partial charge is 0.724 e. The number of carboxylic acid groups (broad SMARTS) is 2. The molecule has 0 atom stereocenters. The molecule has 0 bridgehead atoms. The first-order valence-corrected chi connectivity index (χ1v) is 1.04. The van der Waals surface area contributed by atoms with Crippen LogP contribution >= 0.6 is 0 Å². The van der Waals surface area contributed by atoms with E-state index >= 15 is 0 Å². The Balaban J connectivity index is -0.0000000131. The first-order chi connectivity index (χ1) is 3.15. The Labute approximate surface area is 165 Å². The largest absolute Gasteiger partial charge is 1.00 e. The van der Waals surface area contributed by atoms with Crippen LogP contribution in [0.5, 0.6) is 0 Å². The fourth-order valence-electron chi connectivity index (χ4n) is 0. The van der Waals surface area contributed by atoms with E-state index in [9.17, 15) is 0 Å². The molecular formula is C2K2NNaO4. The van der Waals surface area contributed by atoms with Crippen molar-refractivity contribution < 1.29 is 152 Å². The second kappa shape index (κ2) is 29.7. The molecule has 0 aromatic rings. The minimum Gasteiger partial charge on any atom is -0.724 e. The van der Waals surface area contributed by atoms with Gasteiger partial charge in [0.2, 0.25) is 0 Å². The van der Waals surface area contributed by atoms with Crippen molar-refractivity contribution in [2.75, 3.05) is 0 Å². The third-order valence-electron chi connectivity index (χ3n) is 0. The van der Waals surface area contributed by atoms with Crippen LogP contribution in [-0.4, -0.2) is 12.2 Å². The van der Waals surface area contributed by atoms with Gasteiger partial charge in [-0.3, -0.25) is 4.79 Å². The van der Waals surface area contributed by atoms with Crippen LogP contribution in [0.1, 0.15) is 0 Å². The molecule has 0 aromatic carbocycles. The van der Waals surface area contributed by atoms with E-state index in [4.69, 9.17) is 25.2 Å². The fraction of sp³-hybridized carbons (Fsp3) is 0. The molecule has 0 aromatic heterocycles. The number of hydrogen-bond acceptors (Lipinski definition) is 4. The van der Waals surface area contributed by atoms with Crippen molar-refractivity contribution >= 4 is 12.2 Å². The molecule has 0 spiro atoms. The van der Waals surface area contributed by atoms with E-state index in [0.717, 1.165) is 0 Å². The molecule has 8 heteroatoms. The number of hydrogen-bond donors (Lipinski definition) is 0. The van der Waals surface area contributed by atoms with Crippen LogP contribution in [0.2, 0.25) is 0 Å². The molecule has 0 radical (unpaired) electrons. The van der Waals surface area contributed by atoms with Crippen molar-refractivity contribution in [1.82, 2.24) is 0 Å². The maximum Gasteiger partial charge on any atom is 1.00 e. The van der Waals surface area contributed by atoms with E-state index < -0.39 is 6.16 Å². The summed E-state index contributed by atoms with van der Waals surface area (Å²) in [6.45, 7) is 0. The first-order valence-electron chi connectivity index (χ1n) is 1.04. The predicted octanol–water partition coefficient (Wildman–Crippen LogP) is -11.5. The number of isocyanates is 1. The van der Waals surface area contributed by atoms with Gasteiger partial charge >= 0.3 is 132 Å². The van der Waals surface area contributed by atoms with Crippen LogP contribution in [0, 0.1) is 0 Å². The van der Waals surface area contributed by atoms with Crippen LogP contribution < -0.4 is 143 Å². The Kier molecular flexibility index (Phi) is 86.9. The first kappa shape index (κ1) is 29.3. The average Bonchev–Trinajstić information content (AvgIpc) is 1.33. The molecule has 0 heterocycles. The normalized spacial score (nSPS) is 3.20. The number of rotatable bonds is 0. The van der Waals surface area contributed by atoms with Gasteiger partial charge in [-0.2, -0.15) is 0 Å². The average molecular weight is 203 g/mol. The topological polar surface area (TPSA) is 103 Å². The molecule has 0 aliphatic carbocycles. The van der Waals surface area contributed by atoms with Gasteiger partial charge in [0, 0.05) is 0 Å². The number of carbonyl (C=O) groups excluding carboxylic acids is 2. The van der Waals surface area contributed by atoms with Crippen molar-refractivity contribution in [3.63, 3.8) is 0 Å². The zero-order valence-corrected chi connectivity index (χ0v) is 14.3. The minimum atomic E-state index is -2.33. The summed E-state index contributed by atoms with van der Waals surface area (Å²) in [7, 11) is 0. The third kappa shape index (κ3) is 126. The Hall–Kier alpha value is 2.92. The molecule has 40 valence electrons. The minimum absolute atomic E-state index is 0. The fourth-order valence-corrected chi connectivity index (χ4v) is 0. The van der Waals surface area contributed by atoms with E-state index in [0.29, 0.717) is 6.08 Å². The SMILES string of the molecule is O=C([O-])[O-].[K+].[K+].[N-]=C=O.[Na+]. The molecule has 0 N–H and O–H groups in total. The Morgan fingerprint density at radius 3 is 1.30 bits per heavy atom. The van der Waals surface area contributed by atoms with Gasteiger partial charge in [0.25, 0.3) is 0 Å². The third-order valence-corrected chi connectivity index (χ3v) is 0. The molecule has 0 aliphatic rings. The van der Waals surface area contributed by atoms with Gasteiger partial charge < -0.3 is 20.4 Å². The summed E-state index contributed by atoms with van der Waals surface area (Å²) in [5.74, 6) is 0. The van der Waals surface area contributed by atoms with Crippen molar-refractivity contribution in [1.29, 1.82) is 0 Å². The van der Waals surface area contributed by atoms with E-state index in [-0.39, 0.29) is 132 Å². The summed E-state index contributed by atoms with van der Waals surface area (Å²) in [6.07, 6.45) is -1.83. The number of carbonyl (C=O) groups is 1. The van der Waals surface area contributed by atoms with E-state index in [1.165, 1.54) is 0 Å². The molecular weight excluding hydrogens is 203 g/mol. The predicted molar refractivity (Wildman–Crippen MR) is 14.4 cm³/mol. The van der Waals surface area contributed by atoms with Gasteiger partial charge in [-0.15, -0.1) is 0 Å². The summed E-state index contributed by atoms with van der Waals surface area (Å²) in [6, 6.07) is 0. The quantitative estimate of drug-likeness (QED) is 0.221. The zero-order chi connectivity index (χ0) is 6.28. The van der Waals surface area contributed by atoms with E-state index in [2.05, 4.69) is 0 Å². The van der Waals surface area contributed by atoms with Crippen LogP contribution in [0.3, 0.4) is 0 Å². The molecule has 0 amide bonds. The second-order valence-electron chi connectivity index (χ2n) is 0.341. The van der Waals surface area contributed by atoms with Gasteiger partial charge in [0.1, 0.15) is 0 Å². The van der Waals surface area contributed by atoms with E-state index in [1.54, 1.807) is 0 Å². The summed E-state index contributed by atoms with van der Waals surface area (Å²) < 4.78 is 0. The molecule has 0 rings (SSSR count). The zero-order valence-electron chi connectivity index (χ0n) is 6.08. The van der Waals surface area contributed by atoms with Crippen LogP contribution in [-0.2, 0) is 4.79 Å². The van der Waals surface area contributed by atoms with Crippen molar-refractivity contribution in [2.45, 2.75) is 0 Å². The van der Waals surface area contributed by atoms with Crippen molar-refractivity contribution in [2.24, 2.45) is 0 Å². The Morgan fingerprint density at radius 2 is 1.30 bits per heavy atom. The monoisotopic (exact) mass is 203 g/mol. The van der Waals surface area contributed by atoms with Gasteiger partial charge in [-0.05, 0) is 12.2 Å². The molecule has 0 saturated carbocycles. The summed E-state index contributed by atoms with van der Waals surface area (Å²) in [5, 5.41) is 23.4. The summed E-state index contributed by atoms with van der Waals surface area (Å²) in [4.78, 5) is 16.6. The Morgan fingerprint density at radius 1 is 1.30 bits per heavy atom. The van der Waals surface area contributed by atoms with Gasteiger partial charge in [0.15, 0.2) is 0 Å². The standard InChI is InChI=1S/CNO.CH2O3.2K.Na/c2-1-3;2-1(3)4;;;/h;(H2,2,3,4);;;/q-1;;3*+1/p-2. The maximum atomic E-state index is 8.33. The van der Waals surface area contributed by atoms with Crippen molar-refractivity contribution in [3.8, 4) is 0 Å². The van der Waals surface area contributed by atoms with E-state index in [1.807, 2.05) is 0 Å². The number of nitrogens with zero attached hydrogens (tertiary/aromatic N) is 1. The maximum absolute atomic E-state index is 8.33. The molecule has 0 saturated heterocycles. The van der Waals surface area contributed by atoms with Gasteiger partial charge in [0.05, 0.1) is 0 Å². The molecule has 0 aliphatic heterocycles. The van der Waals surface area contributed by atoms with Gasteiger partial charge in [-0.1, -0.05) is 0 Å². The van der Waals surface area contributed by atoms with Gasteiger partial charge in [-0.25, -0.2) is 0 Å². The van der Waals surface area contributed by atoms with Crippen molar-refractivity contribution in [3.05, 3.63) is 5.41 Å². The molecule has 0 unspecified atom stereocenters. The summed E-state index contributed by atoms with van der Waals surface area (Å²) >= 11 is 0. The summed E-state index contributed by atoms with van der Waals surface area (Å²) in [5.41, 5.74) is 0. The van der Waals surface area contributed by atoms with Crippen LogP contribution in [0.25, 0.3) is 5.41 Å². The van der Waals surface area contributed by atoms with Crippen LogP contribution in [0.4, 0.5) is 4.79 Å². The molecule has 0 fully saturated rings. The van der Waals surface area contributed by atoms with Crippen LogP contribution in [0.15, 0.2) is 0 Å². The Bertz CT molecular complexity index is 89.3. The molecule has 10 heavy (non-hydrogen) atoms.